The summed E-state index contributed by atoms with van der Waals surface area (Å²) in [5.74, 6) is -0.670. The van der Waals surface area contributed by atoms with Crippen molar-refractivity contribution in [2.24, 2.45) is 5.41 Å². The highest BCUT2D eigenvalue weighted by molar-refractivity contribution is 5.74. The monoisotopic (exact) mass is 184 g/mol. The zero-order valence-corrected chi connectivity index (χ0v) is 8.68. The molecule has 13 heavy (non-hydrogen) atoms. The van der Waals surface area contributed by atoms with Crippen LogP contribution in [0.2, 0.25) is 0 Å². The second-order valence-corrected chi connectivity index (χ2v) is 3.58. The molecule has 0 aromatic heterocycles. The fourth-order valence-electron chi connectivity index (χ4n) is 1.86. The third-order valence-corrected chi connectivity index (χ3v) is 2.45. The Hall–Kier alpha value is -0.790. The number of carbonyl (C=O) groups is 1. The summed E-state index contributed by atoms with van der Waals surface area (Å²) in [6.07, 6.45) is 5.65. The zero-order valence-electron chi connectivity index (χ0n) is 8.68. The van der Waals surface area contributed by atoms with Gasteiger partial charge in [-0.1, -0.05) is 32.8 Å². The summed E-state index contributed by atoms with van der Waals surface area (Å²) in [6, 6.07) is 0. The lowest BCUT2D eigenvalue weighted by Gasteiger charge is -2.27. The summed E-state index contributed by atoms with van der Waals surface area (Å²) in [5, 5.41) is 9.17. The van der Waals surface area contributed by atoms with Gasteiger partial charge in [0.2, 0.25) is 0 Å². The van der Waals surface area contributed by atoms with Crippen molar-refractivity contribution in [2.45, 2.75) is 46.0 Å². The molecular formula is C11H20O2. The van der Waals surface area contributed by atoms with Crippen molar-refractivity contribution in [3.63, 3.8) is 0 Å². The van der Waals surface area contributed by atoms with Crippen molar-refractivity contribution in [3.05, 3.63) is 12.7 Å². The molecule has 0 saturated carbocycles. The predicted octanol–water partition coefficient (Wildman–Crippen LogP) is 3.23. The van der Waals surface area contributed by atoms with E-state index >= 15 is 0 Å². The molecule has 2 nitrogen and oxygen atoms in total. The molecule has 0 atom stereocenters. The van der Waals surface area contributed by atoms with Crippen LogP contribution in [0, 0.1) is 5.41 Å². The number of hydrogen-bond acceptors (Lipinski definition) is 1. The Bertz CT molecular complexity index is 167. The van der Waals surface area contributed by atoms with Crippen LogP contribution in [0.5, 0.6) is 0 Å². The molecule has 0 spiro atoms. The van der Waals surface area contributed by atoms with Crippen LogP contribution in [-0.2, 0) is 4.79 Å². The molecule has 0 heterocycles. The molecule has 0 bridgehead atoms. The second-order valence-electron chi connectivity index (χ2n) is 3.58. The van der Waals surface area contributed by atoms with Gasteiger partial charge in [-0.05, 0) is 19.3 Å². The van der Waals surface area contributed by atoms with Gasteiger partial charge in [-0.2, -0.15) is 0 Å². The molecule has 0 radical (unpaired) electrons. The zero-order chi connectivity index (χ0) is 10.3. The Morgan fingerprint density at radius 1 is 1.38 bits per heavy atom. The fraction of sp³-hybridized carbons (Fsp3) is 0.727. The Morgan fingerprint density at radius 2 is 1.85 bits per heavy atom. The van der Waals surface area contributed by atoms with Crippen molar-refractivity contribution in [1.82, 2.24) is 0 Å². The van der Waals surface area contributed by atoms with Gasteiger partial charge in [-0.3, -0.25) is 4.79 Å². The summed E-state index contributed by atoms with van der Waals surface area (Å²) in [6.45, 7) is 7.68. The van der Waals surface area contributed by atoms with Crippen molar-refractivity contribution < 1.29 is 9.90 Å². The van der Waals surface area contributed by atoms with E-state index in [1.54, 1.807) is 6.08 Å². The first kappa shape index (κ1) is 12.2. The minimum absolute atomic E-state index is 0.550. The summed E-state index contributed by atoms with van der Waals surface area (Å²) in [5.41, 5.74) is -0.550. The molecule has 2 heteroatoms. The highest BCUT2D eigenvalue weighted by Crippen LogP contribution is 2.34. The van der Waals surface area contributed by atoms with E-state index in [9.17, 15) is 4.79 Å². The van der Waals surface area contributed by atoms with Gasteiger partial charge < -0.3 is 5.11 Å². The van der Waals surface area contributed by atoms with E-state index in [0.29, 0.717) is 6.42 Å². The fourth-order valence-corrected chi connectivity index (χ4v) is 1.86. The lowest BCUT2D eigenvalue weighted by Crippen LogP contribution is -2.30. The lowest BCUT2D eigenvalue weighted by atomic mass is 9.76. The molecule has 0 unspecified atom stereocenters. The Kier molecular flexibility index (Phi) is 5.44. The Labute approximate surface area is 80.7 Å². The number of rotatable bonds is 7. The number of hydrogen-bond donors (Lipinski definition) is 1. The molecule has 0 rings (SSSR count). The molecule has 0 aromatic rings. The quantitative estimate of drug-likeness (QED) is 0.617. The van der Waals surface area contributed by atoms with E-state index < -0.39 is 11.4 Å². The van der Waals surface area contributed by atoms with Gasteiger partial charge in [0.15, 0.2) is 0 Å². The van der Waals surface area contributed by atoms with Gasteiger partial charge in [0.1, 0.15) is 0 Å². The third-order valence-electron chi connectivity index (χ3n) is 2.45. The molecule has 0 saturated heterocycles. The number of allylic oxidation sites excluding steroid dienone is 1. The van der Waals surface area contributed by atoms with Crippen LogP contribution in [0.1, 0.15) is 46.0 Å². The van der Waals surface area contributed by atoms with Crippen LogP contribution < -0.4 is 0 Å². The molecule has 0 aromatic carbocycles. The topological polar surface area (TPSA) is 37.3 Å². The second kappa shape index (κ2) is 5.79. The van der Waals surface area contributed by atoms with Gasteiger partial charge in [-0.15, -0.1) is 6.58 Å². The van der Waals surface area contributed by atoms with Crippen LogP contribution >= 0.6 is 0 Å². The average molecular weight is 184 g/mol. The first-order chi connectivity index (χ1) is 6.13. The first-order valence-electron chi connectivity index (χ1n) is 4.97. The number of carboxylic acids is 1. The molecule has 1 N–H and O–H groups in total. The SMILES string of the molecule is C=CCC(CCC)(CCC)C(=O)O. The predicted molar refractivity (Wildman–Crippen MR) is 54.7 cm³/mol. The van der Waals surface area contributed by atoms with Gasteiger partial charge in [0, 0.05) is 0 Å². The van der Waals surface area contributed by atoms with E-state index in [0.717, 1.165) is 25.7 Å². The molecule has 0 aliphatic carbocycles. The Balaban J connectivity index is 4.57. The number of aliphatic carboxylic acids is 1. The van der Waals surface area contributed by atoms with Gasteiger partial charge in [-0.25, -0.2) is 0 Å². The van der Waals surface area contributed by atoms with Gasteiger partial charge in [0.25, 0.3) is 0 Å². The van der Waals surface area contributed by atoms with Crippen LogP contribution in [0.4, 0.5) is 0 Å². The molecule has 76 valence electrons. The smallest absolute Gasteiger partial charge is 0.309 e. The lowest BCUT2D eigenvalue weighted by molar-refractivity contribution is -0.149. The number of carboxylic acid groups (broad SMARTS) is 1. The molecule has 0 aliphatic rings. The van der Waals surface area contributed by atoms with Crippen molar-refractivity contribution in [2.75, 3.05) is 0 Å². The highest BCUT2D eigenvalue weighted by Gasteiger charge is 2.34. The average Bonchev–Trinajstić information content (AvgIpc) is 2.05. The van der Waals surface area contributed by atoms with Crippen LogP contribution in [0.25, 0.3) is 0 Å². The standard InChI is InChI=1S/C11H20O2/c1-4-7-11(8-5-2,9-6-3)10(12)13/h4H,1,5-9H2,2-3H3,(H,12,13). The van der Waals surface area contributed by atoms with Gasteiger partial charge >= 0.3 is 5.97 Å². The third kappa shape index (κ3) is 3.21. The normalized spacial score (nSPS) is 11.2. The summed E-state index contributed by atoms with van der Waals surface area (Å²) in [7, 11) is 0. The maximum atomic E-state index is 11.1. The highest BCUT2D eigenvalue weighted by atomic mass is 16.4. The minimum Gasteiger partial charge on any atom is -0.481 e. The van der Waals surface area contributed by atoms with E-state index in [4.69, 9.17) is 5.11 Å². The summed E-state index contributed by atoms with van der Waals surface area (Å²) >= 11 is 0. The molecule has 0 amide bonds. The van der Waals surface area contributed by atoms with E-state index in [2.05, 4.69) is 6.58 Å². The van der Waals surface area contributed by atoms with Crippen LogP contribution in [-0.4, -0.2) is 11.1 Å². The molecule has 0 aliphatic heterocycles. The summed E-state index contributed by atoms with van der Waals surface area (Å²) in [4.78, 5) is 11.1. The van der Waals surface area contributed by atoms with Crippen LogP contribution in [0.3, 0.4) is 0 Å². The van der Waals surface area contributed by atoms with E-state index in [1.165, 1.54) is 0 Å². The Morgan fingerprint density at radius 3 is 2.08 bits per heavy atom. The largest absolute Gasteiger partial charge is 0.481 e. The molecule has 0 fully saturated rings. The molecular weight excluding hydrogens is 164 g/mol. The minimum atomic E-state index is -0.670. The van der Waals surface area contributed by atoms with Crippen LogP contribution in [0.15, 0.2) is 12.7 Å². The maximum absolute atomic E-state index is 11.1. The summed E-state index contributed by atoms with van der Waals surface area (Å²) < 4.78 is 0. The van der Waals surface area contributed by atoms with Crippen molar-refractivity contribution in [3.8, 4) is 0 Å². The van der Waals surface area contributed by atoms with Crippen molar-refractivity contribution >= 4 is 5.97 Å². The van der Waals surface area contributed by atoms with Crippen molar-refractivity contribution in [1.29, 1.82) is 0 Å². The van der Waals surface area contributed by atoms with E-state index in [-0.39, 0.29) is 0 Å². The van der Waals surface area contributed by atoms with Gasteiger partial charge in [0.05, 0.1) is 5.41 Å². The maximum Gasteiger partial charge on any atom is 0.309 e. The van der Waals surface area contributed by atoms with E-state index in [1.807, 2.05) is 13.8 Å². The first-order valence-corrected chi connectivity index (χ1v) is 4.97.